The van der Waals surface area contributed by atoms with E-state index in [9.17, 15) is 8.42 Å². The third-order valence-corrected chi connectivity index (χ3v) is 3.48. The minimum atomic E-state index is -3.51. The Morgan fingerprint density at radius 2 is 2.24 bits per heavy atom. The molecule has 1 rings (SSSR count). The van der Waals surface area contributed by atoms with Crippen LogP contribution < -0.4 is 4.72 Å². The monoisotopic (exact) mass is 274 g/mol. The van der Waals surface area contributed by atoms with Crippen molar-refractivity contribution >= 4 is 27.3 Å². The van der Waals surface area contributed by atoms with Gasteiger partial charge in [-0.3, -0.25) is 4.72 Å². The molecule has 0 heterocycles. The van der Waals surface area contributed by atoms with Gasteiger partial charge in [0.1, 0.15) is 0 Å². The highest BCUT2D eigenvalue weighted by Crippen LogP contribution is 2.23. The fourth-order valence-electron chi connectivity index (χ4n) is 1.08. The first kappa shape index (κ1) is 13.8. The zero-order valence-corrected chi connectivity index (χ0v) is 10.7. The Morgan fingerprint density at radius 1 is 1.53 bits per heavy atom. The molecule has 7 heteroatoms. The number of halogens is 1. The lowest BCUT2D eigenvalue weighted by atomic mass is 10.2. The summed E-state index contributed by atoms with van der Waals surface area (Å²) in [6, 6.07) is 6.26. The van der Waals surface area contributed by atoms with E-state index in [-0.39, 0.29) is 23.1 Å². The molecule has 0 saturated carbocycles. The van der Waals surface area contributed by atoms with E-state index in [4.69, 9.17) is 16.9 Å². The van der Waals surface area contributed by atoms with Gasteiger partial charge in [-0.25, -0.2) is 8.42 Å². The van der Waals surface area contributed by atoms with Crippen molar-refractivity contribution in [1.29, 1.82) is 5.26 Å². The van der Waals surface area contributed by atoms with E-state index in [0.29, 0.717) is 5.56 Å². The summed E-state index contributed by atoms with van der Waals surface area (Å²) in [4.78, 5) is 0. The van der Waals surface area contributed by atoms with Gasteiger partial charge in [-0.2, -0.15) is 5.26 Å². The van der Waals surface area contributed by atoms with Crippen molar-refractivity contribution in [3.63, 3.8) is 0 Å². The summed E-state index contributed by atoms with van der Waals surface area (Å²) in [5, 5.41) is 8.94. The van der Waals surface area contributed by atoms with Crippen LogP contribution in [0.4, 0.5) is 5.69 Å². The van der Waals surface area contributed by atoms with Crippen LogP contribution in [0, 0.1) is 11.3 Å². The van der Waals surface area contributed by atoms with Crippen LogP contribution in [0.2, 0.25) is 5.02 Å². The molecule has 0 atom stereocenters. The lowest BCUT2D eigenvalue weighted by Crippen LogP contribution is -2.19. The highest BCUT2D eigenvalue weighted by molar-refractivity contribution is 7.92. The standard InChI is InChI=1S/C10H11ClN2O3S/c1-16-4-5-17(14,15)13-10-6-8(7-12)2-3-9(10)11/h2-3,6,13H,4-5H2,1H3. The van der Waals surface area contributed by atoms with Crippen molar-refractivity contribution in [2.75, 3.05) is 24.2 Å². The quantitative estimate of drug-likeness (QED) is 0.884. The molecule has 0 fully saturated rings. The van der Waals surface area contributed by atoms with Crippen LogP contribution in [0.25, 0.3) is 0 Å². The van der Waals surface area contributed by atoms with Crippen molar-refractivity contribution in [2.24, 2.45) is 0 Å². The van der Waals surface area contributed by atoms with Crippen LogP contribution in [0.5, 0.6) is 0 Å². The van der Waals surface area contributed by atoms with Crippen LogP contribution in [0.3, 0.4) is 0 Å². The summed E-state index contributed by atoms with van der Waals surface area (Å²) in [5.41, 5.74) is 0.528. The van der Waals surface area contributed by atoms with Gasteiger partial charge in [0.15, 0.2) is 0 Å². The highest BCUT2D eigenvalue weighted by Gasteiger charge is 2.12. The zero-order chi connectivity index (χ0) is 12.9. The maximum absolute atomic E-state index is 11.6. The summed E-state index contributed by atoms with van der Waals surface area (Å²) in [6.45, 7) is 0.0882. The van der Waals surface area contributed by atoms with Crippen molar-refractivity contribution in [3.8, 4) is 6.07 Å². The third kappa shape index (κ3) is 4.23. The Labute approximate surface area is 105 Å². The number of ether oxygens (including phenoxy) is 1. The van der Waals surface area contributed by atoms with Gasteiger partial charge in [-0.05, 0) is 18.2 Å². The molecule has 0 amide bonds. The lowest BCUT2D eigenvalue weighted by Gasteiger charge is -2.09. The molecule has 1 aromatic rings. The van der Waals surface area contributed by atoms with E-state index in [1.165, 1.54) is 25.3 Å². The molecule has 0 aliphatic carbocycles. The van der Waals surface area contributed by atoms with Gasteiger partial charge >= 0.3 is 0 Å². The Morgan fingerprint density at radius 3 is 2.82 bits per heavy atom. The molecule has 0 aromatic heterocycles. The molecule has 0 bridgehead atoms. The number of anilines is 1. The molecular weight excluding hydrogens is 264 g/mol. The van der Waals surface area contributed by atoms with E-state index >= 15 is 0 Å². The molecule has 0 aliphatic heterocycles. The summed E-state index contributed by atoms with van der Waals surface area (Å²) in [7, 11) is -2.10. The van der Waals surface area contributed by atoms with Crippen molar-refractivity contribution in [1.82, 2.24) is 0 Å². The first-order chi connectivity index (χ1) is 7.98. The number of nitrogens with one attached hydrogen (secondary N) is 1. The summed E-state index contributed by atoms with van der Waals surface area (Å²) in [5.74, 6) is -0.170. The fourth-order valence-corrected chi connectivity index (χ4v) is 2.30. The van der Waals surface area contributed by atoms with Gasteiger partial charge in [-0.15, -0.1) is 0 Å². The normalized spacial score (nSPS) is 10.9. The molecule has 1 aromatic carbocycles. The molecule has 1 N–H and O–H groups in total. The summed E-state index contributed by atoms with van der Waals surface area (Å²) >= 11 is 5.83. The second-order valence-electron chi connectivity index (χ2n) is 3.22. The largest absolute Gasteiger partial charge is 0.384 e. The number of hydrogen-bond acceptors (Lipinski definition) is 4. The van der Waals surface area contributed by atoms with Gasteiger partial charge in [0.05, 0.1) is 34.7 Å². The van der Waals surface area contributed by atoms with Gasteiger partial charge in [0.2, 0.25) is 10.0 Å². The number of sulfonamides is 1. The van der Waals surface area contributed by atoms with E-state index in [0.717, 1.165) is 0 Å². The molecule has 0 aliphatic rings. The van der Waals surface area contributed by atoms with Crippen LogP contribution in [-0.4, -0.2) is 27.9 Å². The van der Waals surface area contributed by atoms with E-state index in [1.54, 1.807) is 0 Å². The SMILES string of the molecule is COCCS(=O)(=O)Nc1cc(C#N)ccc1Cl. The third-order valence-electron chi connectivity index (χ3n) is 1.92. The molecule has 0 unspecified atom stereocenters. The second kappa shape index (κ2) is 5.87. The first-order valence-electron chi connectivity index (χ1n) is 4.67. The molecule has 0 radical (unpaired) electrons. The average molecular weight is 275 g/mol. The Balaban J connectivity index is 2.91. The van der Waals surface area contributed by atoms with Crippen LogP contribution >= 0.6 is 11.6 Å². The van der Waals surface area contributed by atoms with Crippen LogP contribution in [-0.2, 0) is 14.8 Å². The Bertz CT molecular complexity index is 537. The highest BCUT2D eigenvalue weighted by atomic mass is 35.5. The summed E-state index contributed by atoms with van der Waals surface area (Å²) < 4.78 is 30.1. The number of methoxy groups -OCH3 is 1. The minimum Gasteiger partial charge on any atom is -0.384 e. The zero-order valence-electron chi connectivity index (χ0n) is 9.10. The van der Waals surface area contributed by atoms with Gasteiger partial charge in [0, 0.05) is 7.11 Å². The van der Waals surface area contributed by atoms with E-state index < -0.39 is 10.0 Å². The average Bonchev–Trinajstić information content (AvgIpc) is 2.29. The van der Waals surface area contributed by atoms with Gasteiger partial charge in [-0.1, -0.05) is 11.6 Å². The predicted molar refractivity (Wildman–Crippen MR) is 65.5 cm³/mol. The van der Waals surface area contributed by atoms with E-state index in [1.807, 2.05) is 6.07 Å². The Kier molecular flexibility index (Phi) is 4.75. The number of nitriles is 1. The maximum atomic E-state index is 11.6. The number of rotatable bonds is 5. The van der Waals surface area contributed by atoms with E-state index in [2.05, 4.69) is 9.46 Å². The molecule has 0 saturated heterocycles. The molecule has 5 nitrogen and oxygen atoms in total. The number of benzene rings is 1. The second-order valence-corrected chi connectivity index (χ2v) is 5.47. The van der Waals surface area contributed by atoms with Crippen LogP contribution in [0.1, 0.15) is 5.56 Å². The fraction of sp³-hybridized carbons (Fsp3) is 0.300. The first-order valence-corrected chi connectivity index (χ1v) is 6.70. The molecule has 92 valence electrons. The smallest absolute Gasteiger partial charge is 0.235 e. The molecular formula is C10H11ClN2O3S. The van der Waals surface area contributed by atoms with Crippen molar-refractivity contribution < 1.29 is 13.2 Å². The van der Waals surface area contributed by atoms with Gasteiger partial charge in [0.25, 0.3) is 0 Å². The van der Waals surface area contributed by atoms with Crippen LogP contribution in [0.15, 0.2) is 18.2 Å². The number of nitrogens with zero attached hydrogens (tertiary/aromatic N) is 1. The predicted octanol–water partition coefficient (Wildman–Crippen LogP) is 1.60. The van der Waals surface area contributed by atoms with Crippen molar-refractivity contribution in [2.45, 2.75) is 0 Å². The Hall–Kier alpha value is -1.29. The molecule has 0 spiro atoms. The summed E-state index contributed by atoms with van der Waals surface area (Å²) in [6.07, 6.45) is 0. The van der Waals surface area contributed by atoms with Gasteiger partial charge < -0.3 is 4.74 Å². The maximum Gasteiger partial charge on any atom is 0.235 e. The number of hydrogen-bond donors (Lipinski definition) is 1. The minimum absolute atomic E-state index is 0.0882. The lowest BCUT2D eigenvalue weighted by molar-refractivity contribution is 0.217. The van der Waals surface area contributed by atoms with Crippen molar-refractivity contribution in [3.05, 3.63) is 28.8 Å². The molecule has 17 heavy (non-hydrogen) atoms. The topological polar surface area (TPSA) is 79.2 Å².